The number of benzene rings is 1. The number of ether oxygens (including phenoxy) is 1. The summed E-state index contributed by atoms with van der Waals surface area (Å²) >= 11 is 1.84. The summed E-state index contributed by atoms with van der Waals surface area (Å²) in [6.45, 7) is 8.00. The molecule has 3 heterocycles. The largest absolute Gasteiger partial charge is 0.444 e. The molecule has 2 aromatic rings. The molecule has 0 saturated carbocycles. The Kier molecular flexibility index (Phi) is 6.23. The number of hydrogen-bond acceptors (Lipinski definition) is 5. The number of likely N-dealkylation sites (tertiary alicyclic amines) is 1. The van der Waals surface area contributed by atoms with E-state index in [4.69, 9.17) is 4.74 Å². The summed E-state index contributed by atoms with van der Waals surface area (Å²) in [4.78, 5) is 31.0. The first-order valence-electron chi connectivity index (χ1n) is 11.0. The Morgan fingerprint density at radius 1 is 1.10 bits per heavy atom. The molecule has 1 aromatic carbocycles. The van der Waals surface area contributed by atoms with E-state index in [2.05, 4.69) is 33.8 Å². The van der Waals surface area contributed by atoms with Gasteiger partial charge in [-0.05, 0) is 87.7 Å². The van der Waals surface area contributed by atoms with Crippen LogP contribution >= 0.6 is 11.3 Å². The third-order valence-electron chi connectivity index (χ3n) is 5.74. The molecule has 166 valence electrons. The predicted octanol–water partition coefficient (Wildman–Crippen LogP) is 5.04. The summed E-state index contributed by atoms with van der Waals surface area (Å²) in [5, 5.41) is 5.16. The van der Waals surface area contributed by atoms with Crippen LogP contribution in [0.2, 0.25) is 0 Å². The van der Waals surface area contributed by atoms with Crippen LogP contribution in [0.3, 0.4) is 0 Å². The van der Waals surface area contributed by atoms with Gasteiger partial charge in [0.1, 0.15) is 11.6 Å². The van der Waals surface area contributed by atoms with Gasteiger partial charge in [-0.15, -0.1) is 11.3 Å². The summed E-state index contributed by atoms with van der Waals surface area (Å²) in [6.07, 6.45) is 3.13. The molecular formula is C24H31N3O3S. The molecule has 2 aliphatic rings. The first kappa shape index (κ1) is 21.7. The van der Waals surface area contributed by atoms with Crippen molar-refractivity contribution in [3.8, 4) is 0 Å². The minimum absolute atomic E-state index is 0.154. The van der Waals surface area contributed by atoms with E-state index in [0.717, 1.165) is 43.7 Å². The Labute approximate surface area is 188 Å². The first-order valence-corrected chi connectivity index (χ1v) is 11.9. The maximum atomic E-state index is 13.0. The second kappa shape index (κ2) is 8.91. The number of nitrogens with one attached hydrogen (secondary N) is 1. The number of anilines is 2. The maximum Gasteiger partial charge on any atom is 0.410 e. The molecule has 0 radical (unpaired) electrons. The topological polar surface area (TPSA) is 61.9 Å². The molecule has 1 saturated heterocycles. The molecule has 2 amide bonds. The molecule has 1 N–H and O–H groups in total. The lowest BCUT2D eigenvalue weighted by atomic mass is 10.0. The number of thiophene rings is 1. The fourth-order valence-electron chi connectivity index (χ4n) is 4.19. The van der Waals surface area contributed by atoms with E-state index in [1.54, 1.807) is 4.90 Å². The Balaban J connectivity index is 1.39. The molecule has 0 spiro atoms. The number of hydrogen-bond donors (Lipinski definition) is 1. The molecule has 1 aromatic heterocycles. The number of carbonyl (C=O) groups is 2. The molecule has 31 heavy (non-hydrogen) atoms. The highest BCUT2D eigenvalue weighted by Crippen LogP contribution is 2.29. The normalized spacial score (nSPS) is 19.0. The van der Waals surface area contributed by atoms with Crippen molar-refractivity contribution in [2.45, 2.75) is 64.6 Å². The van der Waals surface area contributed by atoms with Gasteiger partial charge in [0.15, 0.2) is 0 Å². The van der Waals surface area contributed by atoms with Crippen LogP contribution in [0.4, 0.5) is 16.2 Å². The van der Waals surface area contributed by atoms with Crippen molar-refractivity contribution < 1.29 is 14.3 Å². The summed E-state index contributed by atoms with van der Waals surface area (Å²) in [5.74, 6) is -0.154. The number of fused-ring (bicyclic) bond motifs is 1. The molecule has 0 aliphatic carbocycles. The molecule has 0 unspecified atom stereocenters. The number of nitrogens with zero attached hydrogens (tertiary/aromatic N) is 2. The van der Waals surface area contributed by atoms with E-state index in [0.29, 0.717) is 13.0 Å². The lowest BCUT2D eigenvalue weighted by Crippen LogP contribution is -2.51. The van der Waals surface area contributed by atoms with E-state index >= 15 is 0 Å². The average molecular weight is 442 g/mol. The summed E-state index contributed by atoms with van der Waals surface area (Å²) in [5.41, 5.74) is 2.73. The lowest BCUT2D eigenvalue weighted by Gasteiger charge is -2.35. The molecular weight excluding hydrogens is 410 g/mol. The van der Waals surface area contributed by atoms with Crippen LogP contribution in [-0.2, 0) is 22.5 Å². The molecule has 7 heteroatoms. The monoisotopic (exact) mass is 441 g/mol. The van der Waals surface area contributed by atoms with Crippen molar-refractivity contribution in [3.63, 3.8) is 0 Å². The van der Waals surface area contributed by atoms with Gasteiger partial charge in [0.25, 0.3) is 0 Å². The summed E-state index contributed by atoms with van der Waals surface area (Å²) < 4.78 is 5.51. The highest BCUT2D eigenvalue weighted by atomic mass is 32.1. The molecule has 0 bridgehead atoms. The first-order chi connectivity index (χ1) is 14.8. The third-order valence-corrected chi connectivity index (χ3v) is 6.76. The van der Waals surface area contributed by atoms with E-state index in [-0.39, 0.29) is 5.91 Å². The zero-order chi connectivity index (χ0) is 22.0. The number of piperidine rings is 1. The lowest BCUT2D eigenvalue weighted by molar-refractivity contribution is -0.122. The van der Waals surface area contributed by atoms with E-state index in [9.17, 15) is 9.59 Å². The summed E-state index contributed by atoms with van der Waals surface area (Å²) in [6, 6.07) is 9.70. The molecule has 6 nitrogen and oxygen atoms in total. The fraction of sp³-hybridized carbons (Fsp3) is 0.500. The van der Waals surface area contributed by atoms with Crippen LogP contribution in [0, 0.1) is 0 Å². The fourth-order valence-corrected chi connectivity index (χ4v) is 5.08. The summed E-state index contributed by atoms with van der Waals surface area (Å²) in [7, 11) is 0. The SMILES string of the molecule is CC(C)(C)OC(=O)N1CCCC[C@@H]1C(=O)Nc1ccc(N2CCc3sccc3C2)cc1. The third kappa shape index (κ3) is 5.21. The van der Waals surface area contributed by atoms with E-state index in [1.807, 2.05) is 44.2 Å². The van der Waals surface area contributed by atoms with Crippen LogP contribution in [0.1, 0.15) is 50.5 Å². The Morgan fingerprint density at radius 3 is 2.61 bits per heavy atom. The smallest absolute Gasteiger partial charge is 0.410 e. The van der Waals surface area contributed by atoms with Crippen molar-refractivity contribution in [2.75, 3.05) is 23.3 Å². The van der Waals surface area contributed by atoms with E-state index < -0.39 is 17.7 Å². The van der Waals surface area contributed by atoms with Gasteiger partial charge >= 0.3 is 6.09 Å². The van der Waals surface area contributed by atoms with Crippen molar-refractivity contribution in [3.05, 3.63) is 46.2 Å². The zero-order valence-corrected chi connectivity index (χ0v) is 19.3. The van der Waals surface area contributed by atoms with Gasteiger partial charge in [-0.3, -0.25) is 9.69 Å². The van der Waals surface area contributed by atoms with Crippen molar-refractivity contribution >= 4 is 34.7 Å². The van der Waals surface area contributed by atoms with Gasteiger partial charge in [0.05, 0.1) is 0 Å². The second-order valence-electron chi connectivity index (χ2n) is 9.26. The Bertz CT molecular complexity index is 932. The molecule has 2 aliphatic heterocycles. The van der Waals surface area contributed by atoms with Gasteiger partial charge in [-0.1, -0.05) is 0 Å². The Morgan fingerprint density at radius 2 is 1.87 bits per heavy atom. The zero-order valence-electron chi connectivity index (χ0n) is 18.5. The number of amides is 2. The van der Waals surface area contributed by atoms with Gasteiger partial charge in [0, 0.05) is 35.9 Å². The van der Waals surface area contributed by atoms with Crippen molar-refractivity contribution in [1.29, 1.82) is 0 Å². The van der Waals surface area contributed by atoms with Crippen LogP contribution in [0.5, 0.6) is 0 Å². The molecule has 1 atom stereocenters. The van der Waals surface area contributed by atoms with Crippen molar-refractivity contribution in [1.82, 2.24) is 4.90 Å². The van der Waals surface area contributed by atoms with Gasteiger partial charge in [-0.2, -0.15) is 0 Å². The van der Waals surface area contributed by atoms with Crippen LogP contribution in [0.15, 0.2) is 35.7 Å². The Hall–Kier alpha value is -2.54. The minimum atomic E-state index is -0.580. The highest BCUT2D eigenvalue weighted by Gasteiger charge is 2.34. The highest BCUT2D eigenvalue weighted by molar-refractivity contribution is 7.10. The van der Waals surface area contributed by atoms with Crippen molar-refractivity contribution in [2.24, 2.45) is 0 Å². The standard InChI is InChI=1S/C24H31N3O3S/c1-24(2,3)30-23(29)27-13-5-4-6-20(27)22(28)25-18-7-9-19(10-8-18)26-14-11-21-17(16-26)12-15-31-21/h7-10,12,15,20H,4-6,11,13-14,16H2,1-3H3,(H,25,28)/t20-/m1/s1. The van der Waals surface area contributed by atoms with Crippen LogP contribution < -0.4 is 10.2 Å². The predicted molar refractivity (Wildman–Crippen MR) is 125 cm³/mol. The average Bonchev–Trinajstić information content (AvgIpc) is 3.21. The van der Waals surface area contributed by atoms with Crippen LogP contribution in [-0.4, -0.2) is 41.6 Å². The quantitative estimate of drug-likeness (QED) is 0.725. The van der Waals surface area contributed by atoms with Gasteiger partial charge in [0.2, 0.25) is 5.91 Å². The van der Waals surface area contributed by atoms with Gasteiger partial charge < -0.3 is 15.0 Å². The molecule has 1 fully saturated rings. The number of rotatable bonds is 3. The van der Waals surface area contributed by atoms with Crippen LogP contribution in [0.25, 0.3) is 0 Å². The second-order valence-corrected chi connectivity index (χ2v) is 10.3. The number of carbonyl (C=O) groups excluding carboxylic acids is 2. The van der Waals surface area contributed by atoms with E-state index in [1.165, 1.54) is 10.4 Å². The maximum absolute atomic E-state index is 13.0. The molecule has 4 rings (SSSR count). The van der Waals surface area contributed by atoms with Gasteiger partial charge in [-0.25, -0.2) is 4.79 Å². The minimum Gasteiger partial charge on any atom is -0.444 e.